The number of hydrogen-bond acceptors (Lipinski definition) is 2. The molecule has 0 amide bonds. The van der Waals surface area contributed by atoms with Gasteiger partial charge in [0.05, 0.1) is 0 Å². The molecule has 1 aromatic carbocycles. The standard InChI is InChI=1S/C10H14.C4H10N2.FH/c1-2-3-7-10-8-5-4-6-9-10;1-2-6-4-3-5-1;/h4-6,8-9H,2-3,7H2,1H3;5-6H,1-4H2;1H. The monoisotopic (exact) mass is 240 g/mol. The minimum atomic E-state index is 0. The van der Waals surface area contributed by atoms with Crippen molar-refractivity contribution in [2.24, 2.45) is 0 Å². The van der Waals surface area contributed by atoms with Gasteiger partial charge >= 0.3 is 0 Å². The SMILES string of the molecule is C1CNCCN1.CCCCc1ccccc1.F. The fourth-order valence-corrected chi connectivity index (χ4v) is 1.63. The molecule has 0 radical (unpaired) electrons. The van der Waals surface area contributed by atoms with E-state index in [2.05, 4.69) is 47.9 Å². The molecule has 98 valence electrons. The molecule has 17 heavy (non-hydrogen) atoms. The second-order valence-electron chi connectivity index (χ2n) is 4.09. The van der Waals surface area contributed by atoms with E-state index in [-0.39, 0.29) is 4.70 Å². The summed E-state index contributed by atoms with van der Waals surface area (Å²) in [4.78, 5) is 0. The van der Waals surface area contributed by atoms with Gasteiger partial charge in [0.2, 0.25) is 0 Å². The Labute approximate surface area is 104 Å². The lowest BCUT2D eigenvalue weighted by atomic mass is 10.1. The first-order chi connectivity index (χ1) is 7.93. The Balaban J connectivity index is 0.000000316. The van der Waals surface area contributed by atoms with E-state index < -0.39 is 0 Å². The lowest BCUT2D eigenvalue weighted by Crippen LogP contribution is -2.39. The van der Waals surface area contributed by atoms with Crippen LogP contribution >= 0.6 is 0 Å². The molecule has 0 aromatic heterocycles. The van der Waals surface area contributed by atoms with Gasteiger partial charge in [0.15, 0.2) is 0 Å². The predicted molar refractivity (Wildman–Crippen MR) is 73.3 cm³/mol. The Morgan fingerprint density at radius 2 is 1.47 bits per heavy atom. The van der Waals surface area contributed by atoms with E-state index in [1.807, 2.05) is 0 Å². The fraction of sp³-hybridized carbons (Fsp3) is 0.571. The molecule has 1 aliphatic rings. The molecule has 0 spiro atoms. The van der Waals surface area contributed by atoms with E-state index in [9.17, 15) is 0 Å². The normalized spacial score (nSPS) is 14.2. The molecular weight excluding hydrogens is 215 g/mol. The third-order valence-corrected chi connectivity index (χ3v) is 2.62. The maximum atomic E-state index is 3.22. The summed E-state index contributed by atoms with van der Waals surface area (Å²) in [6.45, 7) is 6.78. The molecule has 1 fully saturated rings. The highest BCUT2D eigenvalue weighted by atomic mass is 19.0. The first-order valence-corrected chi connectivity index (χ1v) is 6.39. The van der Waals surface area contributed by atoms with Crippen LogP contribution < -0.4 is 10.6 Å². The number of aryl methyl sites for hydroxylation is 1. The number of halogens is 1. The van der Waals surface area contributed by atoms with Gasteiger partial charge in [-0.2, -0.15) is 0 Å². The zero-order chi connectivity index (χ0) is 11.5. The van der Waals surface area contributed by atoms with Crippen LogP contribution in [-0.4, -0.2) is 26.2 Å². The zero-order valence-electron chi connectivity index (χ0n) is 10.7. The number of hydrogen-bond donors (Lipinski definition) is 2. The van der Waals surface area contributed by atoms with E-state index in [0.717, 1.165) is 26.2 Å². The lowest BCUT2D eigenvalue weighted by molar-refractivity contribution is 0.534. The molecule has 1 saturated heterocycles. The lowest BCUT2D eigenvalue weighted by Gasteiger charge is -2.11. The van der Waals surface area contributed by atoms with Gasteiger partial charge in [0.25, 0.3) is 0 Å². The van der Waals surface area contributed by atoms with Gasteiger partial charge in [-0.05, 0) is 18.4 Å². The molecule has 0 bridgehead atoms. The van der Waals surface area contributed by atoms with Crippen LogP contribution in [0.4, 0.5) is 4.70 Å². The number of benzene rings is 1. The van der Waals surface area contributed by atoms with Crippen LogP contribution in [0.3, 0.4) is 0 Å². The maximum Gasteiger partial charge on any atom is 0.00772 e. The second kappa shape index (κ2) is 11.6. The van der Waals surface area contributed by atoms with Crippen molar-refractivity contribution >= 4 is 0 Å². The van der Waals surface area contributed by atoms with E-state index >= 15 is 0 Å². The molecule has 0 unspecified atom stereocenters. The molecule has 1 aliphatic heterocycles. The van der Waals surface area contributed by atoms with Crippen LogP contribution in [0.5, 0.6) is 0 Å². The average molecular weight is 240 g/mol. The fourth-order valence-electron chi connectivity index (χ4n) is 1.63. The molecule has 1 aromatic rings. The Morgan fingerprint density at radius 1 is 0.941 bits per heavy atom. The zero-order valence-corrected chi connectivity index (χ0v) is 10.7. The topological polar surface area (TPSA) is 24.1 Å². The van der Waals surface area contributed by atoms with Crippen LogP contribution in [0.2, 0.25) is 0 Å². The number of rotatable bonds is 3. The Morgan fingerprint density at radius 3 is 1.88 bits per heavy atom. The van der Waals surface area contributed by atoms with E-state index in [1.165, 1.54) is 24.8 Å². The van der Waals surface area contributed by atoms with Crippen LogP contribution in [0, 0.1) is 0 Å². The van der Waals surface area contributed by atoms with Crippen molar-refractivity contribution in [3.05, 3.63) is 35.9 Å². The highest BCUT2D eigenvalue weighted by Crippen LogP contribution is 2.03. The van der Waals surface area contributed by atoms with Gasteiger partial charge in [-0.25, -0.2) is 0 Å². The van der Waals surface area contributed by atoms with Gasteiger partial charge in [-0.15, -0.1) is 0 Å². The summed E-state index contributed by atoms with van der Waals surface area (Å²) in [6.07, 6.45) is 3.83. The molecule has 0 aliphatic carbocycles. The minimum Gasteiger partial charge on any atom is -0.314 e. The van der Waals surface area contributed by atoms with E-state index in [0.29, 0.717) is 0 Å². The highest BCUT2D eigenvalue weighted by Gasteiger charge is 1.91. The molecule has 2 N–H and O–H groups in total. The Kier molecular flexibility index (Phi) is 10.9. The summed E-state index contributed by atoms with van der Waals surface area (Å²) in [5.74, 6) is 0. The highest BCUT2D eigenvalue weighted by molar-refractivity contribution is 5.14. The number of piperazine rings is 1. The molecule has 0 atom stereocenters. The smallest absolute Gasteiger partial charge is 0.00772 e. The summed E-state index contributed by atoms with van der Waals surface area (Å²) >= 11 is 0. The van der Waals surface area contributed by atoms with Gasteiger partial charge in [0.1, 0.15) is 0 Å². The van der Waals surface area contributed by atoms with Crippen molar-refractivity contribution in [2.45, 2.75) is 26.2 Å². The van der Waals surface area contributed by atoms with Crippen molar-refractivity contribution in [3.8, 4) is 0 Å². The molecule has 3 heteroatoms. The number of nitrogens with one attached hydrogen (secondary N) is 2. The van der Waals surface area contributed by atoms with Crippen molar-refractivity contribution in [1.82, 2.24) is 10.6 Å². The van der Waals surface area contributed by atoms with Crippen LogP contribution in [0.25, 0.3) is 0 Å². The van der Waals surface area contributed by atoms with Crippen LogP contribution in [0.15, 0.2) is 30.3 Å². The summed E-state index contributed by atoms with van der Waals surface area (Å²) in [5, 5.41) is 6.44. The van der Waals surface area contributed by atoms with Crippen molar-refractivity contribution in [2.75, 3.05) is 26.2 Å². The van der Waals surface area contributed by atoms with E-state index in [4.69, 9.17) is 0 Å². The first kappa shape index (κ1) is 16.1. The predicted octanol–water partition coefficient (Wildman–Crippen LogP) is 2.36. The van der Waals surface area contributed by atoms with Crippen LogP contribution in [0.1, 0.15) is 25.3 Å². The molecular formula is C14H25FN2. The Bertz CT molecular complexity index is 236. The van der Waals surface area contributed by atoms with E-state index in [1.54, 1.807) is 0 Å². The van der Waals surface area contributed by atoms with Crippen molar-refractivity contribution in [3.63, 3.8) is 0 Å². The summed E-state index contributed by atoms with van der Waals surface area (Å²) < 4.78 is 0. The Hall–Kier alpha value is -0.930. The van der Waals surface area contributed by atoms with Crippen LogP contribution in [-0.2, 0) is 6.42 Å². The van der Waals surface area contributed by atoms with Crippen molar-refractivity contribution < 1.29 is 4.70 Å². The van der Waals surface area contributed by atoms with Crippen molar-refractivity contribution in [1.29, 1.82) is 0 Å². The van der Waals surface area contributed by atoms with Gasteiger partial charge < -0.3 is 10.6 Å². The van der Waals surface area contributed by atoms with Gasteiger partial charge in [-0.3, -0.25) is 4.70 Å². The molecule has 1 heterocycles. The first-order valence-electron chi connectivity index (χ1n) is 6.39. The summed E-state index contributed by atoms with van der Waals surface area (Å²) in [5.41, 5.74) is 1.46. The molecule has 2 nitrogen and oxygen atoms in total. The summed E-state index contributed by atoms with van der Waals surface area (Å²) in [7, 11) is 0. The second-order valence-corrected chi connectivity index (χ2v) is 4.09. The summed E-state index contributed by atoms with van der Waals surface area (Å²) in [6, 6.07) is 10.6. The third-order valence-electron chi connectivity index (χ3n) is 2.62. The number of unbranched alkanes of at least 4 members (excludes halogenated alkanes) is 1. The van der Waals surface area contributed by atoms with Gasteiger partial charge in [-0.1, -0.05) is 43.7 Å². The minimum absolute atomic E-state index is 0. The average Bonchev–Trinajstić information content (AvgIpc) is 2.40. The third kappa shape index (κ3) is 8.83. The molecule has 2 rings (SSSR count). The quantitative estimate of drug-likeness (QED) is 0.847. The largest absolute Gasteiger partial charge is 0.314 e. The van der Waals surface area contributed by atoms with Gasteiger partial charge in [0, 0.05) is 26.2 Å². The maximum absolute atomic E-state index is 3.22. The molecule has 0 saturated carbocycles.